The van der Waals surface area contributed by atoms with Gasteiger partial charge in [0, 0.05) is 41.1 Å². The zero-order valence-electron chi connectivity index (χ0n) is 22.8. The summed E-state index contributed by atoms with van der Waals surface area (Å²) >= 11 is 0. The summed E-state index contributed by atoms with van der Waals surface area (Å²) in [5.41, 5.74) is 5.18. The summed E-state index contributed by atoms with van der Waals surface area (Å²) in [5, 5.41) is 8.14. The highest BCUT2D eigenvalue weighted by Crippen LogP contribution is 2.38. The Kier molecular flexibility index (Phi) is 8.60. The van der Waals surface area contributed by atoms with Crippen molar-refractivity contribution in [3.05, 3.63) is 87.6 Å². The number of rotatable bonds is 8. The van der Waals surface area contributed by atoms with E-state index in [9.17, 15) is 13.4 Å². The molecule has 200 valence electrons. The molecule has 0 saturated heterocycles. The van der Waals surface area contributed by atoms with Gasteiger partial charge < -0.3 is 9.21 Å². The molecule has 1 aromatic carbocycles. The molecule has 0 aliphatic carbocycles. The maximum absolute atomic E-state index is 14.3. The number of aryl methyl sites for hydroxylation is 3. The quantitative estimate of drug-likeness (QED) is 0.210. The first kappa shape index (κ1) is 27.8. The summed E-state index contributed by atoms with van der Waals surface area (Å²) in [6, 6.07) is 8.56. The minimum absolute atomic E-state index is 0.0819. The van der Waals surface area contributed by atoms with Crippen molar-refractivity contribution < 1.29 is 18.2 Å². The van der Waals surface area contributed by atoms with E-state index in [2.05, 4.69) is 27.1 Å². The smallest absolute Gasteiger partial charge is 0.455 e. The van der Waals surface area contributed by atoms with Gasteiger partial charge in [-0.25, -0.2) is 4.79 Å². The first-order chi connectivity index (χ1) is 18.7. The molecular weight excluding hydrogens is 499 g/mol. The van der Waals surface area contributed by atoms with Gasteiger partial charge in [-0.3, -0.25) is 18.3 Å². The number of halogens is 2. The van der Waals surface area contributed by atoms with Crippen LogP contribution < -0.4 is 0 Å². The second-order valence-corrected chi connectivity index (χ2v) is 9.32. The van der Waals surface area contributed by atoms with Gasteiger partial charge in [0.15, 0.2) is 0 Å². The molecule has 3 aromatic rings. The summed E-state index contributed by atoms with van der Waals surface area (Å²) < 4.78 is 36.9. The Bertz CT molecular complexity index is 1550. The lowest BCUT2D eigenvalue weighted by atomic mass is 9.91. The predicted molar refractivity (Wildman–Crippen MR) is 148 cm³/mol. The van der Waals surface area contributed by atoms with E-state index in [1.54, 1.807) is 55.1 Å². The van der Waals surface area contributed by atoms with E-state index in [-0.39, 0.29) is 12.2 Å². The Hall–Kier alpha value is -4.26. The number of aliphatic imine (C=N–C) groups is 1. The van der Waals surface area contributed by atoms with Crippen LogP contribution in [0.4, 0.5) is 8.63 Å². The minimum Gasteiger partial charge on any atom is -0.455 e. The average molecular weight is 529 g/mol. The second kappa shape index (κ2) is 12.1. The van der Waals surface area contributed by atoms with Crippen LogP contribution in [0, 0.1) is 25.7 Å². The lowest BCUT2D eigenvalue weighted by molar-refractivity contribution is 0.0467. The Balaban J connectivity index is 1.70. The Morgan fingerprint density at radius 1 is 1.10 bits per heavy atom. The van der Waals surface area contributed by atoms with Crippen LogP contribution in [0.15, 0.2) is 58.9 Å². The zero-order chi connectivity index (χ0) is 28.1. The van der Waals surface area contributed by atoms with Crippen LogP contribution in [0.3, 0.4) is 0 Å². The van der Waals surface area contributed by atoms with E-state index in [1.165, 1.54) is 0 Å². The van der Waals surface area contributed by atoms with Crippen molar-refractivity contribution in [3.8, 4) is 11.8 Å². The summed E-state index contributed by atoms with van der Waals surface area (Å²) in [4.78, 5) is 18.0. The highest BCUT2D eigenvalue weighted by molar-refractivity contribution is 6.41. The largest absolute Gasteiger partial charge is 0.677 e. The van der Waals surface area contributed by atoms with Crippen LogP contribution in [0.5, 0.6) is 0 Å². The lowest BCUT2D eigenvalue weighted by Crippen LogP contribution is -2.19. The molecule has 2 aromatic heterocycles. The van der Waals surface area contributed by atoms with Gasteiger partial charge in [-0.2, -0.15) is 0 Å². The number of hydrogen-bond donors (Lipinski definition) is 0. The first-order valence-corrected chi connectivity index (χ1v) is 12.8. The molecule has 3 heterocycles. The van der Waals surface area contributed by atoms with Gasteiger partial charge in [-0.15, -0.1) is 16.9 Å². The van der Waals surface area contributed by atoms with E-state index in [4.69, 9.17) is 4.74 Å². The van der Waals surface area contributed by atoms with Crippen molar-refractivity contribution in [2.75, 3.05) is 0 Å². The third-order valence-corrected chi connectivity index (χ3v) is 6.30. The molecule has 10 heteroatoms. The van der Waals surface area contributed by atoms with Gasteiger partial charge in [-0.05, 0) is 57.0 Å². The van der Waals surface area contributed by atoms with Gasteiger partial charge in [0.05, 0.1) is 24.0 Å². The van der Waals surface area contributed by atoms with Gasteiger partial charge in [0.1, 0.15) is 12.3 Å². The Morgan fingerprint density at radius 2 is 1.85 bits per heavy atom. The van der Waals surface area contributed by atoms with Crippen LogP contribution >= 0.6 is 0 Å². The van der Waals surface area contributed by atoms with Crippen LogP contribution in [0.2, 0.25) is 0 Å². The monoisotopic (exact) mass is 529 g/mol. The minimum atomic E-state index is -2.77. The van der Waals surface area contributed by atoms with Crippen molar-refractivity contribution in [2.45, 2.75) is 60.6 Å². The molecule has 1 aliphatic rings. The third kappa shape index (κ3) is 6.09. The number of nitrogens with zero attached hydrogens (tertiary/aromatic N) is 5. The zero-order valence-corrected chi connectivity index (χ0v) is 22.8. The topological polar surface area (TPSA) is 74.3 Å². The standard InChI is InChI=1S/C29H30BF2N5O2/c1-6-7-8-11-14-36-17-23(34-35-36)18-39-29(38)25-13-10-9-12-24(25)26(27-19(2)15-21(4)33-27)28-20(3)16-22(5)37(28)30(31)32/h9-10,12-13,15-17H,6,11,14,18H2,1-5H3/b27-26-. The van der Waals surface area contributed by atoms with E-state index in [1.807, 2.05) is 26.8 Å². The van der Waals surface area contributed by atoms with Crippen molar-refractivity contribution in [1.29, 1.82) is 0 Å². The molecule has 0 bridgehead atoms. The molecule has 0 spiro atoms. The number of aromatic nitrogens is 4. The number of carbonyl (C=O) groups excluding carboxylic acids is 1. The van der Waals surface area contributed by atoms with Gasteiger partial charge in [0.25, 0.3) is 0 Å². The third-order valence-electron chi connectivity index (χ3n) is 6.30. The highest BCUT2D eigenvalue weighted by atomic mass is 19.2. The molecular formula is C29H30BF2N5O2. The molecule has 0 saturated carbocycles. The number of allylic oxidation sites excluding steroid dienone is 2. The molecule has 7 nitrogen and oxygen atoms in total. The predicted octanol–water partition coefficient (Wildman–Crippen LogP) is 5.81. The maximum atomic E-state index is 14.3. The molecule has 0 N–H and O–H groups in total. The van der Waals surface area contributed by atoms with E-state index < -0.39 is 13.4 Å². The average Bonchev–Trinajstić information content (AvgIpc) is 3.57. The molecule has 0 radical (unpaired) electrons. The van der Waals surface area contributed by atoms with Crippen LogP contribution in [-0.4, -0.2) is 38.6 Å². The van der Waals surface area contributed by atoms with Crippen LogP contribution in [0.1, 0.15) is 72.2 Å². The molecule has 4 rings (SSSR count). The van der Waals surface area contributed by atoms with Gasteiger partial charge in [0.2, 0.25) is 0 Å². The van der Waals surface area contributed by atoms with Crippen LogP contribution in [-0.2, 0) is 17.9 Å². The van der Waals surface area contributed by atoms with Gasteiger partial charge >= 0.3 is 13.4 Å². The number of ether oxygens (including phenoxy) is 1. The molecule has 39 heavy (non-hydrogen) atoms. The molecule has 1 aliphatic heterocycles. The van der Waals surface area contributed by atoms with Crippen LogP contribution in [0.25, 0.3) is 5.57 Å². The highest BCUT2D eigenvalue weighted by Gasteiger charge is 2.31. The maximum Gasteiger partial charge on any atom is 0.677 e. The fourth-order valence-electron chi connectivity index (χ4n) is 4.68. The van der Waals surface area contributed by atoms with Crippen molar-refractivity contribution >= 4 is 24.7 Å². The molecule has 0 fully saturated rings. The first-order valence-electron chi connectivity index (χ1n) is 12.8. The normalized spacial score (nSPS) is 13.9. The summed E-state index contributed by atoms with van der Waals surface area (Å²) in [7, 11) is -2.77. The number of hydrogen-bond acceptors (Lipinski definition) is 5. The number of esters is 1. The van der Waals surface area contributed by atoms with Crippen molar-refractivity contribution in [3.63, 3.8) is 0 Å². The Morgan fingerprint density at radius 3 is 2.51 bits per heavy atom. The molecule has 0 amide bonds. The fraction of sp³-hybridized carbons (Fsp3) is 0.310. The second-order valence-electron chi connectivity index (χ2n) is 9.32. The molecule has 0 unspecified atom stereocenters. The molecule has 0 atom stereocenters. The lowest BCUT2D eigenvalue weighted by Gasteiger charge is -2.19. The summed E-state index contributed by atoms with van der Waals surface area (Å²) in [5.74, 6) is 5.46. The van der Waals surface area contributed by atoms with Gasteiger partial charge in [-0.1, -0.05) is 30.3 Å². The SMILES string of the molecule is CCC#CCCn1cc(COC(=O)c2ccccc2/C(=C2/N=C(C)C=C2C)c2c(C)cc(C)n2B(F)F)nn1. The Labute approximate surface area is 227 Å². The number of benzene rings is 1. The van der Waals surface area contributed by atoms with Crippen molar-refractivity contribution in [2.24, 2.45) is 4.99 Å². The number of carbonyl (C=O) groups is 1. The summed E-state index contributed by atoms with van der Waals surface area (Å²) in [6.07, 6.45) is 5.06. The van der Waals surface area contributed by atoms with E-state index in [0.29, 0.717) is 52.4 Å². The van der Waals surface area contributed by atoms with E-state index in [0.717, 1.165) is 22.2 Å². The fourth-order valence-corrected chi connectivity index (χ4v) is 4.68. The van der Waals surface area contributed by atoms with E-state index >= 15 is 0 Å². The summed E-state index contributed by atoms with van der Waals surface area (Å²) in [6.45, 7) is 9.65. The van der Waals surface area contributed by atoms with Crippen molar-refractivity contribution in [1.82, 2.24) is 19.5 Å².